The van der Waals surface area contributed by atoms with E-state index in [9.17, 15) is 13.2 Å². The van der Waals surface area contributed by atoms with Crippen LogP contribution in [0.25, 0.3) is 0 Å². The van der Waals surface area contributed by atoms with Gasteiger partial charge in [-0.05, 0) is 63.6 Å². The molecule has 0 aliphatic rings. The van der Waals surface area contributed by atoms with Crippen molar-refractivity contribution in [3.63, 3.8) is 0 Å². The second kappa shape index (κ2) is 7.37. The van der Waals surface area contributed by atoms with Crippen LogP contribution in [0.4, 0.5) is 5.69 Å². The largest absolute Gasteiger partial charge is 0.322 e. The molecule has 0 fully saturated rings. The Labute approximate surface area is 149 Å². The Balaban J connectivity index is 2.21. The first-order valence-corrected chi connectivity index (χ1v) is 9.53. The molecule has 0 spiro atoms. The number of carbonyl (C=O) groups is 1. The minimum absolute atomic E-state index is 0.141. The summed E-state index contributed by atoms with van der Waals surface area (Å²) >= 11 is 0. The summed E-state index contributed by atoms with van der Waals surface area (Å²) in [6, 6.07) is 11.6. The number of carbonyl (C=O) groups excluding carboxylic acids is 1. The van der Waals surface area contributed by atoms with Gasteiger partial charge in [-0.15, -0.1) is 0 Å². The van der Waals surface area contributed by atoms with Crippen LogP contribution < -0.4 is 5.32 Å². The molecule has 6 heteroatoms. The van der Waals surface area contributed by atoms with Crippen molar-refractivity contribution in [3.8, 4) is 0 Å². The predicted molar refractivity (Wildman–Crippen MR) is 100 cm³/mol. The Morgan fingerprint density at radius 3 is 2.16 bits per heavy atom. The molecule has 0 saturated heterocycles. The average molecular weight is 360 g/mol. The molecule has 2 aromatic carbocycles. The van der Waals surface area contributed by atoms with E-state index >= 15 is 0 Å². The van der Waals surface area contributed by atoms with Gasteiger partial charge in [-0.2, -0.15) is 4.31 Å². The molecule has 1 N–H and O–H groups in total. The van der Waals surface area contributed by atoms with Crippen LogP contribution in [-0.2, 0) is 10.0 Å². The van der Waals surface area contributed by atoms with Crippen molar-refractivity contribution in [2.45, 2.75) is 38.6 Å². The number of nitrogens with zero attached hydrogens (tertiary/aromatic N) is 1. The lowest BCUT2D eigenvalue weighted by Gasteiger charge is -2.21. The van der Waals surface area contributed by atoms with E-state index in [-0.39, 0.29) is 16.8 Å². The van der Waals surface area contributed by atoms with Gasteiger partial charge in [0.2, 0.25) is 10.0 Å². The van der Waals surface area contributed by atoms with E-state index in [0.717, 1.165) is 16.8 Å². The van der Waals surface area contributed by atoms with E-state index in [1.165, 1.54) is 28.6 Å². The van der Waals surface area contributed by atoms with E-state index in [2.05, 4.69) is 5.32 Å². The van der Waals surface area contributed by atoms with Gasteiger partial charge in [-0.25, -0.2) is 8.42 Å². The molecular weight excluding hydrogens is 336 g/mol. The molecule has 0 heterocycles. The number of benzene rings is 2. The quantitative estimate of drug-likeness (QED) is 0.886. The highest BCUT2D eigenvalue weighted by Crippen LogP contribution is 2.19. The molecular formula is C19H24N2O3S. The number of hydrogen-bond acceptors (Lipinski definition) is 3. The van der Waals surface area contributed by atoms with Gasteiger partial charge < -0.3 is 5.32 Å². The third-order valence-corrected chi connectivity index (χ3v) is 6.20. The van der Waals surface area contributed by atoms with Crippen molar-refractivity contribution >= 4 is 21.6 Å². The average Bonchev–Trinajstić information content (AvgIpc) is 2.56. The highest BCUT2D eigenvalue weighted by atomic mass is 32.2. The minimum atomic E-state index is -3.55. The Kier molecular flexibility index (Phi) is 5.65. The number of amides is 1. The van der Waals surface area contributed by atoms with E-state index in [4.69, 9.17) is 0 Å². The molecule has 1 amide bonds. The van der Waals surface area contributed by atoms with Gasteiger partial charge in [-0.3, -0.25) is 4.79 Å². The Morgan fingerprint density at radius 2 is 1.64 bits per heavy atom. The standard InChI is InChI=1S/C19H24N2O3S/c1-13(2)21(5)25(23,24)17-9-7-16(8-10-17)19(22)20-18-11-6-14(3)12-15(18)4/h6-13H,1-5H3,(H,20,22). The van der Waals surface area contributed by atoms with Crippen molar-refractivity contribution < 1.29 is 13.2 Å². The molecule has 134 valence electrons. The highest BCUT2D eigenvalue weighted by Gasteiger charge is 2.23. The monoisotopic (exact) mass is 360 g/mol. The Hall–Kier alpha value is -2.18. The van der Waals surface area contributed by atoms with E-state index < -0.39 is 10.0 Å². The van der Waals surface area contributed by atoms with Crippen LogP contribution in [0, 0.1) is 13.8 Å². The number of anilines is 1. The Morgan fingerprint density at radius 1 is 1.04 bits per heavy atom. The summed E-state index contributed by atoms with van der Waals surface area (Å²) in [5.41, 5.74) is 3.25. The Bertz CT molecular complexity index is 872. The zero-order valence-electron chi connectivity index (χ0n) is 15.2. The summed E-state index contributed by atoms with van der Waals surface area (Å²) in [5.74, 6) is -0.270. The second-order valence-electron chi connectivity index (χ2n) is 6.41. The maximum Gasteiger partial charge on any atom is 0.255 e. The summed E-state index contributed by atoms with van der Waals surface area (Å²) in [7, 11) is -2.01. The van der Waals surface area contributed by atoms with Gasteiger partial charge in [0, 0.05) is 24.3 Å². The third-order valence-electron chi connectivity index (χ3n) is 4.15. The predicted octanol–water partition coefficient (Wildman–Crippen LogP) is 3.58. The molecule has 2 aromatic rings. The lowest BCUT2D eigenvalue weighted by Crippen LogP contribution is -2.33. The smallest absolute Gasteiger partial charge is 0.255 e. The lowest BCUT2D eigenvalue weighted by molar-refractivity contribution is 0.102. The molecule has 0 atom stereocenters. The maximum absolute atomic E-state index is 12.4. The number of nitrogens with one attached hydrogen (secondary N) is 1. The first kappa shape index (κ1) is 19.1. The molecule has 25 heavy (non-hydrogen) atoms. The van der Waals surface area contributed by atoms with Crippen molar-refractivity contribution in [2.75, 3.05) is 12.4 Å². The summed E-state index contributed by atoms with van der Waals surface area (Å²) in [5, 5.41) is 2.85. The van der Waals surface area contributed by atoms with Gasteiger partial charge in [0.1, 0.15) is 0 Å². The van der Waals surface area contributed by atoms with Gasteiger partial charge in [-0.1, -0.05) is 17.7 Å². The van der Waals surface area contributed by atoms with E-state index in [0.29, 0.717) is 5.56 Å². The van der Waals surface area contributed by atoms with Gasteiger partial charge >= 0.3 is 0 Å². The van der Waals surface area contributed by atoms with Gasteiger partial charge in [0.25, 0.3) is 5.91 Å². The fourth-order valence-corrected chi connectivity index (χ4v) is 3.74. The van der Waals surface area contributed by atoms with Crippen LogP contribution >= 0.6 is 0 Å². The van der Waals surface area contributed by atoms with E-state index in [1.807, 2.05) is 45.9 Å². The molecule has 2 rings (SSSR count). The molecule has 0 radical (unpaired) electrons. The van der Waals surface area contributed by atoms with E-state index in [1.54, 1.807) is 7.05 Å². The molecule has 0 aliphatic heterocycles. The topological polar surface area (TPSA) is 66.5 Å². The minimum Gasteiger partial charge on any atom is -0.322 e. The maximum atomic E-state index is 12.4. The first-order valence-electron chi connectivity index (χ1n) is 8.09. The normalized spacial score (nSPS) is 11.8. The fraction of sp³-hybridized carbons (Fsp3) is 0.316. The van der Waals surface area contributed by atoms with Crippen molar-refractivity contribution in [3.05, 3.63) is 59.2 Å². The first-order chi connectivity index (χ1) is 11.6. The molecule has 0 unspecified atom stereocenters. The molecule has 0 aromatic heterocycles. The number of hydrogen-bond donors (Lipinski definition) is 1. The molecule has 0 bridgehead atoms. The fourth-order valence-electron chi connectivity index (χ4n) is 2.37. The van der Waals surface area contributed by atoms with Crippen molar-refractivity contribution in [2.24, 2.45) is 0 Å². The lowest BCUT2D eigenvalue weighted by atomic mass is 10.1. The number of aryl methyl sites for hydroxylation is 2. The van der Waals surface area contributed by atoms with Crippen LogP contribution in [0.1, 0.15) is 35.3 Å². The number of rotatable bonds is 5. The van der Waals surface area contributed by atoms with Crippen molar-refractivity contribution in [1.29, 1.82) is 0 Å². The van der Waals surface area contributed by atoms with Crippen LogP contribution in [0.2, 0.25) is 0 Å². The molecule has 0 saturated carbocycles. The summed E-state index contributed by atoms with van der Waals surface area (Å²) in [6.07, 6.45) is 0. The van der Waals surface area contributed by atoms with Gasteiger partial charge in [0.05, 0.1) is 4.90 Å². The van der Waals surface area contributed by atoms with Crippen molar-refractivity contribution in [1.82, 2.24) is 4.31 Å². The van der Waals surface area contributed by atoms with Crippen LogP contribution in [0.15, 0.2) is 47.4 Å². The SMILES string of the molecule is Cc1ccc(NC(=O)c2ccc(S(=O)(=O)N(C)C(C)C)cc2)c(C)c1. The zero-order valence-corrected chi connectivity index (χ0v) is 16.0. The van der Waals surface area contributed by atoms with Crippen LogP contribution in [-0.4, -0.2) is 31.7 Å². The third kappa shape index (κ3) is 4.27. The summed E-state index contributed by atoms with van der Waals surface area (Å²) in [6.45, 7) is 7.54. The van der Waals surface area contributed by atoms with Gasteiger partial charge in [0.15, 0.2) is 0 Å². The number of sulfonamides is 1. The zero-order chi connectivity index (χ0) is 18.8. The highest BCUT2D eigenvalue weighted by molar-refractivity contribution is 7.89. The summed E-state index contributed by atoms with van der Waals surface area (Å²) in [4.78, 5) is 12.6. The van der Waals surface area contributed by atoms with Crippen LogP contribution in [0.3, 0.4) is 0 Å². The summed E-state index contributed by atoms with van der Waals surface area (Å²) < 4.78 is 26.2. The second-order valence-corrected chi connectivity index (χ2v) is 8.41. The molecule has 5 nitrogen and oxygen atoms in total. The molecule has 0 aliphatic carbocycles. The van der Waals surface area contributed by atoms with Crippen LogP contribution in [0.5, 0.6) is 0 Å².